The smallest absolute Gasteiger partial charge is 0.272 e. The molecule has 5 rings (SSSR count). The van der Waals surface area contributed by atoms with Gasteiger partial charge in [0.25, 0.3) is 5.91 Å². The topological polar surface area (TPSA) is 114 Å². The molecule has 2 N–H and O–H groups in total. The number of imidazole rings is 1. The summed E-state index contributed by atoms with van der Waals surface area (Å²) in [5.74, 6) is -0.361. The Balaban J connectivity index is 1.31. The molecule has 2 aromatic heterocycles. The Bertz CT molecular complexity index is 1350. The molecule has 3 aromatic rings. The molecule has 0 bridgehead atoms. The van der Waals surface area contributed by atoms with Crippen molar-refractivity contribution in [3.8, 4) is 5.75 Å². The molecule has 1 atom stereocenters. The fourth-order valence-electron chi connectivity index (χ4n) is 4.79. The number of benzene rings is 1. The van der Waals surface area contributed by atoms with Crippen LogP contribution in [0.1, 0.15) is 47.8 Å². The Labute approximate surface area is 200 Å². The summed E-state index contributed by atoms with van der Waals surface area (Å²) in [5, 5.41) is 7.88. The molecule has 0 aliphatic carbocycles. The monoisotopic (exact) mass is 482 g/mol. The van der Waals surface area contributed by atoms with Crippen molar-refractivity contribution in [2.75, 3.05) is 13.1 Å². The lowest BCUT2D eigenvalue weighted by Crippen LogP contribution is -2.42. The van der Waals surface area contributed by atoms with E-state index in [9.17, 15) is 14.4 Å². The summed E-state index contributed by atoms with van der Waals surface area (Å²) in [6, 6.07) is 5.73. The van der Waals surface area contributed by atoms with Crippen LogP contribution in [0.15, 0.2) is 24.4 Å². The van der Waals surface area contributed by atoms with Crippen LogP contribution in [-0.4, -0.2) is 61.1 Å². The number of fused-ring (bicyclic) bond motifs is 1. The molecule has 2 aliphatic heterocycles. The van der Waals surface area contributed by atoms with Crippen molar-refractivity contribution in [3.05, 3.63) is 40.6 Å². The van der Waals surface area contributed by atoms with Crippen LogP contribution in [0.3, 0.4) is 0 Å². The molecular weight excluding hydrogens is 456 g/mol. The largest absolute Gasteiger partial charge is 0.488 e. The van der Waals surface area contributed by atoms with Crippen LogP contribution in [-0.2, 0) is 23.7 Å². The predicted octanol–water partition coefficient (Wildman–Crippen LogP) is 2.17. The highest BCUT2D eigenvalue weighted by Gasteiger charge is 2.32. The van der Waals surface area contributed by atoms with E-state index in [4.69, 9.17) is 17.0 Å². The number of hydrogen-bond acceptors (Lipinski definition) is 6. The summed E-state index contributed by atoms with van der Waals surface area (Å²) < 4.78 is 10.3. The Morgan fingerprint density at radius 1 is 1.18 bits per heavy atom. The number of aromatic nitrogens is 4. The van der Waals surface area contributed by atoms with Crippen molar-refractivity contribution in [1.82, 2.24) is 29.5 Å². The van der Waals surface area contributed by atoms with Gasteiger partial charge in [-0.15, -0.1) is 0 Å². The van der Waals surface area contributed by atoms with Crippen molar-refractivity contribution in [2.24, 2.45) is 14.1 Å². The highest BCUT2D eigenvalue weighted by atomic mass is 32.1. The van der Waals surface area contributed by atoms with E-state index in [1.54, 1.807) is 22.5 Å². The molecule has 0 spiro atoms. The van der Waals surface area contributed by atoms with E-state index in [1.807, 2.05) is 30.1 Å². The Hall–Kier alpha value is -3.47. The van der Waals surface area contributed by atoms with E-state index in [1.165, 1.54) is 0 Å². The number of imide groups is 1. The SMILES string of the molecule is Cn1c(C(=O)N2CCC(Oc3cccc4c(C5CCC(=O)NC5=O)nn(C)c34)CC2)c[nH]c1=S. The van der Waals surface area contributed by atoms with E-state index in [2.05, 4.69) is 15.4 Å². The minimum atomic E-state index is -0.462. The van der Waals surface area contributed by atoms with Crippen LogP contribution in [0.5, 0.6) is 5.75 Å². The molecule has 10 nitrogen and oxygen atoms in total. The van der Waals surface area contributed by atoms with E-state index in [0.717, 1.165) is 10.9 Å². The molecule has 4 heterocycles. The van der Waals surface area contributed by atoms with E-state index in [-0.39, 0.29) is 23.8 Å². The van der Waals surface area contributed by atoms with Gasteiger partial charge in [0.2, 0.25) is 11.8 Å². The van der Waals surface area contributed by atoms with Gasteiger partial charge in [-0.25, -0.2) is 0 Å². The maximum Gasteiger partial charge on any atom is 0.272 e. The number of para-hydroxylation sites is 1. The average molecular weight is 483 g/mol. The number of carbonyl (C=O) groups is 3. The summed E-state index contributed by atoms with van der Waals surface area (Å²) in [5.41, 5.74) is 2.02. The number of aromatic amines is 1. The number of piperidine rings is 2. The number of likely N-dealkylation sites (tertiary alicyclic amines) is 1. The first kappa shape index (κ1) is 22.3. The van der Waals surface area contributed by atoms with Crippen molar-refractivity contribution >= 4 is 40.8 Å². The van der Waals surface area contributed by atoms with Crippen LogP contribution < -0.4 is 10.1 Å². The fraction of sp³-hybridized carbons (Fsp3) is 0.435. The van der Waals surface area contributed by atoms with Gasteiger partial charge in [0.05, 0.1) is 11.6 Å². The fourth-order valence-corrected chi connectivity index (χ4v) is 4.95. The summed E-state index contributed by atoms with van der Waals surface area (Å²) in [7, 11) is 3.61. The highest BCUT2D eigenvalue weighted by molar-refractivity contribution is 7.71. The van der Waals surface area contributed by atoms with Gasteiger partial charge in [-0.1, -0.05) is 12.1 Å². The molecular formula is C23H26N6O4S. The molecule has 1 aromatic carbocycles. The second-order valence-corrected chi connectivity index (χ2v) is 9.20. The zero-order valence-electron chi connectivity index (χ0n) is 19.0. The van der Waals surface area contributed by atoms with Crippen molar-refractivity contribution in [3.63, 3.8) is 0 Å². The standard InChI is InChI=1S/C23H26N6O4S/c1-27-16(12-24-23(27)34)22(32)29-10-8-13(9-11-29)33-17-5-3-4-14-19(26-28(2)20(14)17)15-6-7-18(30)25-21(15)31/h3-5,12-13,15H,6-11H2,1-2H3,(H,24,34)(H,25,30,31). The Morgan fingerprint density at radius 2 is 1.94 bits per heavy atom. The molecule has 178 valence electrons. The second kappa shape index (κ2) is 8.71. The first-order valence-electron chi connectivity index (χ1n) is 11.3. The van der Waals surface area contributed by atoms with Crippen molar-refractivity contribution < 1.29 is 19.1 Å². The zero-order chi connectivity index (χ0) is 24.0. The molecule has 3 amide bonds. The number of rotatable bonds is 4. The number of ether oxygens (including phenoxy) is 1. The van der Waals surface area contributed by atoms with Gasteiger partial charge in [0.15, 0.2) is 4.77 Å². The molecule has 1 unspecified atom stereocenters. The third kappa shape index (κ3) is 3.89. The van der Waals surface area contributed by atoms with Crippen molar-refractivity contribution in [2.45, 2.75) is 37.7 Å². The van der Waals surface area contributed by atoms with E-state index >= 15 is 0 Å². The van der Waals surface area contributed by atoms with Gasteiger partial charge in [-0.2, -0.15) is 5.10 Å². The molecule has 0 radical (unpaired) electrons. The molecule has 34 heavy (non-hydrogen) atoms. The third-order valence-electron chi connectivity index (χ3n) is 6.67. The number of amides is 3. The predicted molar refractivity (Wildman–Crippen MR) is 126 cm³/mol. The van der Waals surface area contributed by atoms with Gasteiger partial charge in [0.1, 0.15) is 23.1 Å². The average Bonchev–Trinajstić information content (AvgIpc) is 3.33. The molecule has 2 fully saturated rings. The van der Waals surface area contributed by atoms with Gasteiger partial charge in [-0.05, 0) is 24.7 Å². The zero-order valence-corrected chi connectivity index (χ0v) is 19.9. The molecule has 2 aliphatic rings. The minimum Gasteiger partial charge on any atom is -0.488 e. The Kier molecular flexibility index (Phi) is 5.72. The van der Waals surface area contributed by atoms with Crippen LogP contribution in [0.2, 0.25) is 0 Å². The van der Waals surface area contributed by atoms with E-state index < -0.39 is 5.92 Å². The van der Waals surface area contributed by atoms with Crippen LogP contribution in [0.4, 0.5) is 0 Å². The summed E-state index contributed by atoms with van der Waals surface area (Å²) in [6.45, 7) is 1.18. The maximum atomic E-state index is 12.9. The minimum absolute atomic E-state index is 0.0434. The second-order valence-electron chi connectivity index (χ2n) is 8.81. The molecule has 11 heteroatoms. The maximum absolute atomic E-state index is 12.9. The number of nitrogens with zero attached hydrogens (tertiary/aromatic N) is 4. The highest BCUT2D eigenvalue weighted by Crippen LogP contribution is 2.35. The van der Waals surface area contributed by atoms with E-state index in [0.29, 0.717) is 60.7 Å². The van der Waals surface area contributed by atoms with Crippen LogP contribution in [0.25, 0.3) is 10.9 Å². The number of H-pyrrole nitrogens is 1. The van der Waals surface area contributed by atoms with Gasteiger partial charge >= 0.3 is 0 Å². The third-order valence-corrected chi connectivity index (χ3v) is 7.06. The quantitative estimate of drug-likeness (QED) is 0.435. The molecule has 2 saturated heterocycles. The van der Waals surface area contributed by atoms with Gasteiger partial charge < -0.3 is 19.2 Å². The van der Waals surface area contributed by atoms with Gasteiger partial charge in [-0.3, -0.25) is 24.4 Å². The summed E-state index contributed by atoms with van der Waals surface area (Å²) >= 11 is 5.16. The number of hydrogen-bond donors (Lipinski definition) is 2. The number of carbonyl (C=O) groups excluding carboxylic acids is 3. The van der Waals surface area contributed by atoms with Crippen LogP contribution >= 0.6 is 12.2 Å². The van der Waals surface area contributed by atoms with Gasteiger partial charge in [0, 0.05) is 58.0 Å². The summed E-state index contributed by atoms with van der Waals surface area (Å²) in [4.78, 5) is 41.5. The van der Waals surface area contributed by atoms with Crippen LogP contribution in [0, 0.1) is 4.77 Å². The Morgan fingerprint density at radius 3 is 2.62 bits per heavy atom. The number of nitrogens with one attached hydrogen (secondary N) is 2. The first-order chi connectivity index (χ1) is 16.3. The first-order valence-corrected chi connectivity index (χ1v) is 11.7. The summed E-state index contributed by atoms with van der Waals surface area (Å²) in [6.07, 6.45) is 3.76. The lowest BCUT2D eigenvalue weighted by molar-refractivity contribution is -0.134. The lowest BCUT2D eigenvalue weighted by Gasteiger charge is -2.32. The van der Waals surface area contributed by atoms with Crippen molar-refractivity contribution in [1.29, 1.82) is 0 Å². The molecule has 0 saturated carbocycles. The number of aryl methyl sites for hydroxylation is 1. The normalized spacial score (nSPS) is 19.5. The lowest BCUT2D eigenvalue weighted by atomic mass is 9.93.